The molecule has 1 aromatic carbocycles. The zero-order valence-corrected chi connectivity index (χ0v) is 18.9. The Morgan fingerprint density at radius 2 is 1.85 bits per heavy atom. The van der Waals surface area contributed by atoms with Crippen LogP contribution in [0.25, 0.3) is 11.3 Å². The van der Waals surface area contributed by atoms with Crippen LogP contribution in [0.4, 0.5) is 18.0 Å². The number of aromatic nitrogens is 2. The first-order valence-corrected chi connectivity index (χ1v) is 11.2. The first kappa shape index (κ1) is 24.3. The molecule has 2 aromatic heterocycles. The summed E-state index contributed by atoms with van der Waals surface area (Å²) in [5, 5.41) is 9.58. The fraction of sp³-hybridized carbons (Fsp3) is 0.273. The molecular formula is C22H22F3N3O4S. The molecule has 11 heteroatoms. The van der Waals surface area contributed by atoms with Gasteiger partial charge in [-0.3, -0.25) is 0 Å². The van der Waals surface area contributed by atoms with Crippen LogP contribution >= 0.6 is 0 Å². The summed E-state index contributed by atoms with van der Waals surface area (Å²) in [6.07, 6.45) is 1.01. The van der Waals surface area contributed by atoms with Crippen molar-refractivity contribution in [1.29, 1.82) is 0 Å². The van der Waals surface area contributed by atoms with Crippen LogP contribution in [0.15, 0.2) is 53.7 Å². The van der Waals surface area contributed by atoms with Crippen molar-refractivity contribution in [3.63, 3.8) is 0 Å². The van der Waals surface area contributed by atoms with E-state index < -0.39 is 44.0 Å². The molecule has 3 aromatic rings. The SMILES string of the molecule is CC(C)(C)CN(Cc1cc(-c2cccnc2F)n(S(=O)(=O)c2cc(F)ccc2F)c1)C(=O)O. The molecule has 0 aliphatic heterocycles. The van der Waals surface area contributed by atoms with Crippen molar-refractivity contribution in [2.24, 2.45) is 5.41 Å². The number of rotatable bonds is 6. The Labute approximate surface area is 189 Å². The van der Waals surface area contributed by atoms with E-state index in [1.807, 2.05) is 20.8 Å². The number of nitrogens with zero attached hydrogens (tertiary/aromatic N) is 3. The van der Waals surface area contributed by atoms with E-state index in [9.17, 15) is 31.5 Å². The molecule has 176 valence electrons. The van der Waals surface area contributed by atoms with Crippen LogP contribution < -0.4 is 0 Å². The summed E-state index contributed by atoms with van der Waals surface area (Å²) in [4.78, 5) is 15.4. The van der Waals surface area contributed by atoms with Gasteiger partial charge in [0.25, 0.3) is 10.0 Å². The number of benzene rings is 1. The van der Waals surface area contributed by atoms with Gasteiger partial charge in [-0.05, 0) is 47.4 Å². The molecule has 0 saturated carbocycles. The van der Waals surface area contributed by atoms with E-state index in [4.69, 9.17) is 0 Å². The number of carbonyl (C=O) groups is 1. The van der Waals surface area contributed by atoms with E-state index in [1.165, 1.54) is 24.4 Å². The first-order chi connectivity index (χ1) is 15.3. The highest BCUT2D eigenvalue weighted by molar-refractivity contribution is 7.90. The van der Waals surface area contributed by atoms with Gasteiger partial charge in [-0.1, -0.05) is 20.8 Å². The van der Waals surface area contributed by atoms with Gasteiger partial charge in [0.05, 0.1) is 17.8 Å². The normalized spacial score (nSPS) is 12.1. The minimum atomic E-state index is -4.72. The molecule has 7 nitrogen and oxygen atoms in total. The Morgan fingerprint density at radius 1 is 1.15 bits per heavy atom. The summed E-state index contributed by atoms with van der Waals surface area (Å²) in [5.74, 6) is -3.15. The maximum absolute atomic E-state index is 14.5. The lowest BCUT2D eigenvalue weighted by Crippen LogP contribution is -2.36. The van der Waals surface area contributed by atoms with Gasteiger partial charge in [-0.25, -0.2) is 30.9 Å². The largest absolute Gasteiger partial charge is 0.465 e. The molecule has 0 aliphatic rings. The molecule has 0 aliphatic carbocycles. The van der Waals surface area contributed by atoms with Crippen LogP contribution in [0.1, 0.15) is 26.3 Å². The summed E-state index contributed by atoms with van der Waals surface area (Å²) in [6.45, 7) is 5.43. The van der Waals surface area contributed by atoms with Gasteiger partial charge in [-0.15, -0.1) is 0 Å². The monoisotopic (exact) mass is 481 g/mol. The summed E-state index contributed by atoms with van der Waals surface area (Å²) < 4.78 is 69.6. The molecule has 0 bridgehead atoms. The zero-order chi connectivity index (χ0) is 24.6. The molecular weight excluding hydrogens is 459 g/mol. The molecule has 0 unspecified atom stereocenters. The molecule has 0 saturated heterocycles. The fourth-order valence-electron chi connectivity index (χ4n) is 3.32. The average molecular weight is 481 g/mol. The lowest BCUT2D eigenvalue weighted by Gasteiger charge is -2.27. The summed E-state index contributed by atoms with van der Waals surface area (Å²) >= 11 is 0. The molecule has 3 rings (SSSR count). The van der Waals surface area contributed by atoms with Crippen molar-refractivity contribution < 1.29 is 31.5 Å². The molecule has 2 heterocycles. The van der Waals surface area contributed by atoms with E-state index in [0.29, 0.717) is 16.1 Å². The van der Waals surface area contributed by atoms with Crippen molar-refractivity contribution >= 4 is 16.1 Å². The van der Waals surface area contributed by atoms with Crippen LogP contribution in [0.3, 0.4) is 0 Å². The third kappa shape index (κ3) is 5.36. The lowest BCUT2D eigenvalue weighted by molar-refractivity contribution is 0.123. The van der Waals surface area contributed by atoms with Gasteiger partial charge < -0.3 is 10.0 Å². The summed E-state index contributed by atoms with van der Waals surface area (Å²) in [6, 6.07) is 5.92. The van der Waals surface area contributed by atoms with Gasteiger partial charge in [0.15, 0.2) is 0 Å². The van der Waals surface area contributed by atoms with Crippen LogP contribution in [0.5, 0.6) is 0 Å². The number of amides is 1. The van der Waals surface area contributed by atoms with Gasteiger partial charge in [-0.2, -0.15) is 4.39 Å². The van der Waals surface area contributed by atoms with Crippen LogP contribution in [0.2, 0.25) is 0 Å². The zero-order valence-electron chi connectivity index (χ0n) is 18.1. The summed E-state index contributed by atoms with van der Waals surface area (Å²) in [5.41, 5.74) is -0.599. The Kier molecular flexibility index (Phi) is 6.55. The second-order valence-electron chi connectivity index (χ2n) is 8.65. The predicted molar refractivity (Wildman–Crippen MR) is 114 cm³/mol. The second-order valence-corrected chi connectivity index (χ2v) is 10.4. The van der Waals surface area contributed by atoms with E-state index in [-0.39, 0.29) is 29.9 Å². The average Bonchev–Trinajstić information content (AvgIpc) is 3.13. The Bertz CT molecular complexity index is 1300. The number of hydrogen-bond acceptors (Lipinski definition) is 4. The molecule has 0 atom stereocenters. The Hall–Kier alpha value is -3.34. The summed E-state index contributed by atoms with van der Waals surface area (Å²) in [7, 11) is -4.72. The third-order valence-electron chi connectivity index (χ3n) is 4.62. The van der Waals surface area contributed by atoms with Crippen molar-refractivity contribution in [1.82, 2.24) is 13.9 Å². The maximum Gasteiger partial charge on any atom is 0.407 e. The van der Waals surface area contributed by atoms with Crippen LogP contribution in [-0.4, -0.2) is 40.0 Å². The predicted octanol–water partition coefficient (Wildman–Crippen LogP) is 4.73. The first-order valence-electron chi connectivity index (χ1n) is 9.80. The van der Waals surface area contributed by atoms with Crippen molar-refractivity contribution in [3.8, 4) is 11.3 Å². The van der Waals surface area contributed by atoms with Gasteiger partial charge in [0, 0.05) is 18.9 Å². The third-order valence-corrected chi connectivity index (χ3v) is 6.31. The smallest absolute Gasteiger partial charge is 0.407 e. The molecule has 33 heavy (non-hydrogen) atoms. The molecule has 0 radical (unpaired) electrons. The number of hydrogen-bond donors (Lipinski definition) is 1. The quantitative estimate of drug-likeness (QED) is 0.514. The minimum Gasteiger partial charge on any atom is -0.465 e. The molecule has 1 N–H and O–H groups in total. The number of carboxylic acid groups (broad SMARTS) is 1. The van der Waals surface area contributed by atoms with E-state index in [2.05, 4.69) is 4.98 Å². The molecule has 1 amide bonds. The standard InChI is InChI=1S/C22H22F3N3O4S/c1-22(2,3)13-27(21(29)30)11-14-9-18(16-5-4-8-26-20(16)25)28(12-14)33(31,32)19-10-15(23)6-7-17(19)24/h4-10,12H,11,13H2,1-3H3,(H,29,30). The molecule has 0 spiro atoms. The van der Waals surface area contributed by atoms with Crippen LogP contribution in [0, 0.1) is 23.0 Å². The van der Waals surface area contributed by atoms with E-state index >= 15 is 0 Å². The maximum atomic E-state index is 14.5. The highest BCUT2D eigenvalue weighted by atomic mass is 32.2. The Balaban J connectivity index is 2.19. The van der Waals surface area contributed by atoms with E-state index in [0.717, 1.165) is 17.2 Å². The van der Waals surface area contributed by atoms with E-state index in [1.54, 1.807) is 0 Å². The lowest BCUT2D eigenvalue weighted by atomic mass is 9.96. The minimum absolute atomic E-state index is 0.134. The van der Waals surface area contributed by atoms with Gasteiger partial charge >= 0.3 is 6.09 Å². The van der Waals surface area contributed by atoms with Crippen molar-refractivity contribution in [3.05, 3.63) is 71.9 Å². The molecule has 0 fully saturated rings. The topological polar surface area (TPSA) is 92.5 Å². The van der Waals surface area contributed by atoms with Crippen molar-refractivity contribution in [2.75, 3.05) is 6.54 Å². The second kappa shape index (κ2) is 8.89. The fourth-order valence-corrected chi connectivity index (χ4v) is 4.79. The Morgan fingerprint density at radius 3 is 2.45 bits per heavy atom. The van der Waals surface area contributed by atoms with Crippen molar-refractivity contribution in [2.45, 2.75) is 32.2 Å². The number of halogens is 3. The highest BCUT2D eigenvalue weighted by Gasteiger charge is 2.28. The highest BCUT2D eigenvalue weighted by Crippen LogP contribution is 2.30. The van der Waals surface area contributed by atoms with Gasteiger partial charge in [0.1, 0.15) is 16.5 Å². The number of pyridine rings is 1. The van der Waals surface area contributed by atoms with Gasteiger partial charge in [0.2, 0.25) is 5.95 Å². The van der Waals surface area contributed by atoms with Crippen LogP contribution in [-0.2, 0) is 16.6 Å².